The van der Waals surface area contributed by atoms with Gasteiger partial charge in [-0.05, 0) is 29.8 Å². The van der Waals surface area contributed by atoms with Crippen molar-refractivity contribution in [1.29, 1.82) is 0 Å². The zero-order valence-electron chi connectivity index (χ0n) is 16.8. The first kappa shape index (κ1) is 19.4. The van der Waals surface area contributed by atoms with Crippen molar-refractivity contribution in [2.75, 3.05) is 38.7 Å². The Hall–Kier alpha value is -2.96. The highest BCUT2D eigenvalue weighted by molar-refractivity contribution is 5.91. The molecule has 2 heterocycles. The van der Waals surface area contributed by atoms with Crippen molar-refractivity contribution in [1.82, 2.24) is 9.88 Å². The molecule has 1 N–H and O–H groups in total. The van der Waals surface area contributed by atoms with E-state index in [1.807, 2.05) is 30.3 Å². The molecule has 3 aromatic rings. The molecule has 1 aromatic heterocycles. The third-order valence-corrected chi connectivity index (χ3v) is 5.11. The Morgan fingerprint density at radius 3 is 2.72 bits per heavy atom. The number of nitrogens with one attached hydrogen (secondary N) is 1. The summed E-state index contributed by atoms with van der Waals surface area (Å²) in [6, 6.07) is 16.1. The van der Waals surface area contributed by atoms with Crippen molar-refractivity contribution in [2.45, 2.75) is 13.5 Å². The van der Waals surface area contributed by atoms with Gasteiger partial charge in [-0.15, -0.1) is 0 Å². The predicted octanol–water partition coefficient (Wildman–Crippen LogP) is 3.70. The van der Waals surface area contributed by atoms with Crippen LogP contribution in [0.2, 0.25) is 0 Å². The smallest absolute Gasteiger partial charge is 0.221 e. The number of hydrogen-bond donors (Lipinski definition) is 1. The second-order valence-electron chi connectivity index (χ2n) is 7.17. The molecule has 1 saturated heterocycles. The minimum atomic E-state index is -0.132. The molecule has 4 rings (SSSR count). The van der Waals surface area contributed by atoms with Crippen LogP contribution in [0.4, 0.5) is 5.69 Å². The number of fused-ring (bicyclic) bond motifs is 1. The Bertz CT molecular complexity index is 1030. The van der Waals surface area contributed by atoms with Crippen LogP contribution in [-0.2, 0) is 16.1 Å². The minimum Gasteiger partial charge on any atom is -0.495 e. The Labute approximate surface area is 170 Å². The summed E-state index contributed by atoms with van der Waals surface area (Å²) < 4.78 is 11.0. The lowest BCUT2D eigenvalue weighted by atomic mass is 10.0. The lowest BCUT2D eigenvalue weighted by Crippen LogP contribution is -2.35. The lowest BCUT2D eigenvalue weighted by Gasteiger charge is -2.27. The van der Waals surface area contributed by atoms with Crippen LogP contribution >= 0.6 is 0 Å². The molecule has 1 aliphatic rings. The van der Waals surface area contributed by atoms with Crippen LogP contribution in [0.3, 0.4) is 0 Å². The molecule has 2 aromatic carbocycles. The van der Waals surface area contributed by atoms with E-state index in [-0.39, 0.29) is 5.91 Å². The maximum atomic E-state index is 11.4. The van der Waals surface area contributed by atoms with E-state index in [0.29, 0.717) is 11.4 Å². The van der Waals surface area contributed by atoms with Crippen molar-refractivity contribution in [2.24, 2.45) is 0 Å². The van der Waals surface area contributed by atoms with Gasteiger partial charge in [-0.3, -0.25) is 9.69 Å². The molecule has 1 amide bonds. The van der Waals surface area contributed by atoms with Crippen molar-refractivity contribution < 1.29 is 14.3 Å². The molecule has 29 heavy (non-hydrogen) atoms. The van der Waals surface area contributed by atoms with Gasteiger partial charge >= 0.3 is 0 Å². The number of carbonyl (C=O) groups is 1. The molecule has 0 radical (unpaired) electrons. The molecule has 0 aliphatic carbocycles. The summed E-state index contributed by atoms with van der Waals surface area (Å²) in [7, 11) is 1.60. The fourth-order valence-electron chi connectivity index (χ4n) is 3.67. The molecule has 0 spiro atoms. The van der Waals surface area contributed by atoms with Crippen LogP contribution in [0, 0.1) is 0 Å². The number of ether oxygens (including phenoxy) is 2. The van der Waals surface area contributed by atoms with Crippen molar-refractivity contribution in [3.8, 4) is 17.0 Å². The first-order valence-electron chi connectivity index (χ1n) is 9.79. The third-order valence-electron chi connectivity index (χ3n) is 5.11. The molecule has 6 nitrogen and oxygen atoms in total. The average Bonchev–Trinajstić information content (AvgIpc) is 2.74. The Balaban J connectivity index is 1.74. The maximum Gasteiger partial charge on any atom is 0.221 e. The Kier molecular flexibility index (Phi) is 5.74. The van der Waals surface area contributed by atoms with Gasteiger partial charge in [-0.25, -0.2) is 4.98 Å². The standard InChI is InChI=1S/C23H25N3O3/c1-16(27)24-21-8-7-17(14-23(21)28-2)22-13-18(15-26-9-11-29-12-10-26)19-5-3-4-6-20(19)25-22/h3-8,13-14H,9-12,15H2,1-2H3,(H,24,27). The van der Waals surface area contributed by atoms with E-state index in [0.717, 1.165) is 49.6 Å². The zero-order chi connectivity index (χ0) is 20.2. The van der Waals surface area contributed by atoms with Crippen LogP contribution in [-0.4, -0.2) is 49.2 Å². The minimum absolute atomic E-state index is 0.132. The topological polar surface area (TPSA) is 63.7 Å². The van der Waals surface area contributed by atoms with Gasteiger partial charge in [0.2, 0.25) is 5.91 Å². The number of hydrogen-bond acceptors (Lipinski definition) is 5. The molecule has 0 unspecified atom stereocenters. The van der Waals surface area contributed by atoms with Gasteiger partial charge in [-0.2, -0.15) is 0 Å². The quantitative estimate of drug-likeness (QED) is 0.719. The number of amides is 1. The van der Waals surface area contributed by atoms with Crippen LogP contribution in [0.15, 0.2) is 48.5 Å². The number of nitrogens with zero attached hydrogens (tertiary/aromatic N) is 2. The first-order valence-corrected chi connectivity index (χ1v) is 9.79. The predicted molar refractivity (Wildman–Crippen MR) is 114 cm³/mol. The highest BCUT2D eigenvalue weighted by Gasteiger charge is 2.15. The van der Waals surface area contributed by atoms with Gasteiger partial charge < -0.3 is 14.8 Å². The molecular formula is C23H25N3O3. The van der Waals surface area contributed by atoms with Gasteiger partial charge in [-0.1, -0.05) is 24.3 Å². The van der Waals surface area contributed by atoms with E-state index in [1.165, 1.54) is 17.9 Å². The van der Waals surface area contributed by atoms with E-state index in [2.05, 4.69) is 28.4 Å². The summed E-state index contributed by atoms with van der Waals surface area (Å²) in [5.74, 6) is 0.482. The van der Waals surface area contributed by atoms with E-state index >= 15 is 0 Å². The fourth-order valence-corrected chi connectivity index (χ4v) is 3.67. The summed E-state index contributed by atoms with van der Waals surface area (Å²) in [4.78, 5) is 18.7. The summed E-state index contributed by atoms with van der Waals surface area (Å²) in [5.41, 5.74) is 4.71. The molecule has 1 aliphatic heterocycles. The van der Waals surface area contributed by atoms with Gasteiger partial charge in [0.05, 0.1) is 37.2 Å². The normalized spacial score (nSPS) is 14.7. The summed E-state index contributed by atoms with van der Waals surface area (Å²) in [6.45, 7) is 5.77. The molecule has 0 saturated carbocycles. The average molecular weight is 391 g/mol. The van der Waals surface area contributed by atoms with Crippen LogP contribution in [0.1, 0.15) is 12.5 Å². The fraction of sp³-hybridized carbons (Fsp3) is 0.304. The SMILES string of the molecule is COc1cc(-c2cc(CN3CCOCC3)c3ccccc3n2)ccc1NC(C)=O. The summed E-state index contributed by atoms with van der Waals surface area (Å²) in [5, 5.41) is 3.97. The van der Waals surface area contributed by atoms with Gasteiger partial charge in [0.15, 0.2) is 0 Å². The number of morpholine rings is 1. The maximum absolute atomic E-state index is 11.4. The molecule has 6 heteroatoms. The van der Waals surface area contributed by atoms with Crippen LogP contribution < -0.4 is 10.1 Å². The molecular weight excluding hydrogens is 366 g/mol. The second-order valence-corrected chi connectivity index (χ2v) is 7.17. The molecule has 0 bridgehead atoms. The number of pyridine rings is 1. The largest absolute Gasteiger partial charge is 0.495 e. The first-order chi connectivity index (χ1) is 14.1. The van der Waals surface area contributed by atoms with Crippen molar-refractivity contribution >= 4 is 22.5 Å². The third kappa shape index (κ3) is 4.39. The highest BCUT2D eigenvalue weighted by atomic mass is 16.5. The van der Waals surface area contributed by atoms with Crippen LogP contribution in [0.5, 0.6) is 5.75 Å². The Morgan fingerprint density at radius 1 is 1.17 bits per heavy atom. The lowest BCUT2D eigenvalue weighted by molar-refractivity contribution is -0.114. The molecule has 0 atom stereocenters. The van der Waals surface area contributed by atoms with Gasteiger partial charge in [0.25, 0.3) is 0 Å². The number of benzene rings is 2. The zero-order valence-corrected chi connectivity index (χ0v) is 16.8. The van der Waals surface area contributed by atoms with Crippen LogP contribution in [0.25, 0.3) is 22.2 Å². The molecule has 1 fully saturated rings. The second kappa shape index (κ2) is 8.59. The number of aromatic nitrogens is 1. The Morgan fingerprint density at radius 2 is 1.97 bits per heavy atom. The number of para-hydroxylation sites is 1. The molecule has 150 valence electrons. The number of anilines is 1. The van der Waals surface area contributed by atoms with Crippen molar-refractivity contribution in [3.05, 3.63) is 54.1 Å². The number of carbonyl (C=O) groups excluding carboxylic acids is 1. The monoisotopic (exact) mass is 391 g/mol. The van der Waals surface area contributed by atoms with E-state index in [9.17, 15) is 4.79 Å². The number of methoxy groups -OCH3 is 1. The van der Waals surface area contributed by atoms with E-state index in [1.54, 1.807) is 7.11 Å². The van der Waals surface area contributed by atoms with E-state index in [4.69, 9.17) is 14.5 Å². The summed E-state index contributed by atoms with van der Waals surface area (Å²) in [6.07, 6.45) is 0. The number of rotatable bonds is 5. The van der Waals surface area contributed by atoms with Gasteiger partial charge in [0.1, 0.15) is 5.75 Å². The highest BCUT2D eigenvalue weighted by Crippen LogP contribution is 2.32. The van der Waals surface area contributed by atoms with Crippen molar-refractivity contribution in [3.63, 3.8) is 0 Å². The summed E-state index contributed by atoms with van der Waals surface area (Å²) >= 11 is 0. The van der Waals surface area contributed by atoms with Gasteiger partial charge in [0, 0.05) is 37.5 Å². The van der Waals surface area contributed by atoms with E-state index < -0.39 is 0 Å².